The van der Waals surface area contributed by atoms with E-state index in [2.05, 4.69) is 14.7 Å². The maximum atomic E-state index is 13.7. The summed E-state index contributed by atoms with van der Waals surface area (Å²) < 4.78 is 59.3. The lowest BCUT2D eigenvalue weighted by Crippen LogP contribution is -2.40. The Bertz CT molecular complexity index is 826. The third-order valence-electron chi connectivity index (χ3n) is 3.99. The minimum absolute atomic E-state index is 0.0919. The highest BCUT2D eigenvalue weighted by molar-refractivity contribution is 7.89. The number of benzene rings is 1. The van der Waals surface area contributed by atoms with Crippen molar-refractivity contribution >= 4 is 10.0 Å². The van der Waals surface area contributed by atoms with Crippen LogP contribution in [0.1, 0.15) is 25.7 Å². The normalized spacial score (nSPS) is 21.0. The summed E-state index contributed by atoms with van der Waals surface area (Å²) >= 11 is 0. The van der Waals surface area contributed by atoms with Crippen molar-refractivity contribution in [1.82, 2.24) is 14.7 Å². The van der Waals surface area contributed by atoms with Crippen LogP contribution in [0.3, 0.4) is 0 Å². The van der Waals surface area contributed by atoms with Gasteiger partial charge in [-0.05, 0) is 43.9 Å². The highest BCUT2D eigenvalue weighted by atomic mass is 32.2. The van der Waals surface area contributed by atoms with Gasteiger partial charge in [0.2, 0.25) is 10.0 Å². The van der Waals surface area contributed by atoms with Crippen LogP contribution in [-0.4, -0.2) is 30.5 Å². The molecule has 1 fully saturated rings. The Morgan fingerprint density at radius 3 is 2.40 bits per heavy atom. The van der Waals surface area contributed by atoms with Gasteiger partial charge in [0.25, 0.3) is 0 Å². The fourth-order valence-electron chi connectivity index (χ4n) is 2.77. The molecule has 6 nitrogen and oxygen atoms in total. The molecule has 0 bridgehead atoms. The number of halogens is 2. The fourth-order valence-corrected chi connectivity index (χ4v) is 4.13. The lowest BCUT2D eigenvalue weighted by molar-refractivity contribution is 0.132. The third-order valence-corrected chi connectivity index (χ3v) is 5.55. The molecule has 1 heterocycles. The van der Waals surface area contributed by atoms with Gasteiger partial charge in [0.1, 0.15) is 22.6 Å². The van der Waals surface area contributed by atoms with E-state index in [-0.39, 0.29) is 12.1 Å². The molecule has 25 heavy (non-hydrogen) atoms. The number of aromatic nitrogens is 2. The molecule has 1 aliphatic rings. The second-order valence-corrected chi connectivity index (χ2v) is 7.50. The molecule has 1 aromatic heterocycles. The lowest BCUT2D eigenvalue weighted by Gasteiger charge is -2.28. The largest absolute Gasteiger partial charge is 0.460 e. The van der Waals surface area contributed by atoms with Crippen molar-refractivity contribution in [3.63, 3.8) is 0 Å². The van der Waals surface area contributed by atoms with Crippen molar-refractivity contribution in [1.29, 1.82) is 0 Å². The summed E-state index contributed by atoms with van der Waals surface area (Å²) in [6, 6.07) is 4.05. The topological polar surface area (TPSA) is 81.2 Å². The van der Waals surface area contributed by atoms with Crippen LogP contribution in [0.25, 0.3) is 0 Å². The van der Waals surface area contributed by atoms with Crippen molar-refractivity contribution in [3.05, 3.63) is 48.3 Å². The number of hydrogen-bond acceptors (Lipinski definition) is 5. The third kappa shape index (κ3) is 4.49. The van der Waals surface area contributed by atoms with Crippen LogP contribution in [0.2, 0.25) is 0 Å². The summed E-state index contributed by atoms with van der Waals surface area (Å²) in [5.74, 6) is -1.93. The predicted molar refractivity (Wildman–Crippen MR) is 85.4 cm³/mol. The standard InChI is InChI=1S/C16H17F2N3O3S/c17-11-2-7-15(14(18)10-11)25(22,23)21-12-3-5-13(6-4-12)24-16-19-8-1-9-20-16/h1-2,7-10,12-13,21H,3-6H2. The van der Waals surface area contributed by atoms with Crippen LogP contribution < -0.4 is 9.46 Å². The van der Waals surface area contributed by atoms with E-state index in [1.54, 1.807) is 18.5 Å². The number of hydrogen-bond donors (Lipinski definition) is 1. The van der Waals surface area contributed by atoms with Gasteiger partial charge in [-0.25, -0.2) is 31.9 Å². The summed E-state index contributed by atoms with van der Waals surface area (Å²) in [5, 5.41) is 0. The van der Waals surface area contributed by atoms with Crippen LogP contribution in [0.5, 0.6) is 6.01 Å². The molecular weight excluding hydrogens is 352 g/mol. The quantitative estimate of drug-likeness (QED) is 0.875. The van der Waals surface area contributed by atoms with E-state index in [1.807, 2.05) is 0 Å². The molecule has 0 amide bonds. The first kappa shape index (κ1) is 17.7. The molecule has 0 aliphatic heterocycles. The van der Waals surface area contributed by atoms with Crippen LogP contribution in [-0.2, 0) is 10.0 Å². The molecule has 0 spiro atoms. The zero-order chi connectivity index (χ0) is 17.9. The van der Waals surface area contributed by atoms with E-state index in [0.29, 0.717) is 37.8 Å². The van der Waals surface area contributed by atoms with Crippen LogP contribution in [0.15, 0.2) is 41.6 Å². The maximum absolute atomic E-state index is 13.7. The minimum Gasteiger partial charge on any atom is -0.460 e. The molecule has 1 saturated carbocycles. The van der Waals surface area contributed by atoms with Gasteiger partial charge in [-0.15, -0.1) is 0 Å². The van der Waals surface area contributed by atoms with E-state index in [1.165, 1.54) is 0 Å². The van der Waals surface area contributed by atoms with Gasteiger partial charge in [0.15, 0.2) is 0 Å². The molecule has 9 heteroatoms. The molecule has 1 aromatic carbocycles. The monoisotopic (exact) mass is 369 g/mol. The molecule has 3 rings (SSSR count). The molecule has 1 N–H and O–H groups in total. The van der Waals surface area contributed by atoms with Gasteiger partial charge >= 0.3 is 6.01 Å². The first-order valence-electron chi connectivity index (χ1n) is 7.85. The highest BCUT2D eigenvalue weighted by Crippen LogP contribution is 2.24. The summed E-state index contributed by atoms with van der Waals surface area (Å²) in [4.78, 5) is 7.43. The summed E-state index contributed by atoms with van der Waals surface area (Å²) in [7, 11) is -4.04. The molecule has 0 saturated heterocycles. The average molecular weight is 369 g/mol. The van der Waals surface area contributed by atoms with Crippen molar-refractivity contribution < 1.29 is 21.9 Å². The van der Waals surface area contributed by atoms with Crippen molar-refractivity contribution in [2.45, 2.75) is 42.7 Å². The van der Waals surface area contributed by atoms with E-state index >= 15 is 0 Å². The Labute approximate surface area is 144 Å². The lowest BCUT2D eigenvalue weighted by atomic mass is 9.94. The van der Waals surface area contributed by atoms with Crippen LogP contribution in [0.4, 0.5) is 8.78 Å². The first-order valence-corrected chi connectivity index (χ1v) is 9.33. The molecular formula is C16H17F2N3O3S. The van der Waals surface area contributed by atoms with Gasteiger partial charge in [-0.3, -0.25) is 0 Å². The van der Waals surface area contributed by atoms with Gasteiger partial charge in [0, 0.05) is 24.5 Å². The number of sulfonamides is 1. The zero-order valence-corrected chi connectivity index (χ0v) is 14.0. The average Bonchev–Trinajstić information content (AvgIpc) is 2.57. The second-order valence-electron chi connectivity index (χ2n) is 5.82. The number of nitrogens with zero attached hydrogens (tertiary/aromatic N) is 2. The van der Waals surface area contributed by atoms with E-state index in [4.69, 9.17) is 4.74 Å². The summed E-state index contributed by atoms with van der Waals surface area (Å²) in [5.41, 5.74) is 0. The zero-order valence-electron chi connectivity index (χ0n) is 13.2. The van der Waals surface area contributed by atoms with E-state index < -0.39 is 26.6 Å². The maximum Gasteiger partial charge on any atom is 0.316 e. The van der Waals surface area contributed by atoms with Gasteiger partial charge in [0.05, 0.1) is 0 Å². The van der Waals surface area contributed by atoms with Gasteiger partial charge in [-0.1, -0.05) is 0 Å². The first-order chi connectivity index (χ1) is 11.9. The Morgan fingerprint density at radius 1 is 1.08 bits per heavy atom. The summed E-state index contributed by atoms with van der Waals surface area (Å²) in [6.45, 7) is 0. The Balaban J connectivity index is 1.58. The van der Waals surface area contributed by atoms with Crippen LogP contribution in [0, 0.1) is 11.6 Å². The molecule has 1 aliphatic carbocycles. The fraction of sp³-hybridized carbons (Fsp3) is 0.375. The van der Waals surface area contributed by atoms with Gasteiger partial charge in [-0.2, -0.15) is 0 Å². The number of rotatable bonds is 5. The van der Waals surface area contributed by atoms with E-state index in [9.17, 15) is 17.2 Å². The molecule has 134 valence electrons. The Kier molecular flexibility index (Phi) is 5.24. The van der Waals surface area contributed by atoms with Gasteiger partial charge < -0.3 is 4.74 Å². The molecule has 0 atom stereocenters. The van der Waals surface area contributed by atoms with E-state index in [0.717, 1.165) is 12.1 Å². The highest BCUT2D eigenvalue weighted by Gasteiger charge is 2.28. The molecule has 2 aromatic rings. The van der Waals surface area contributed by atoms with Crippen molar-refractivity contribution in [3.8, 4) is 6.01 Å². The summed E-state index contributed by atoms with van der Waals surface area (Å²) in [6.07, 6.45) is 5.40. The smallest absolute Gasteiger partial charge is 0.316 e. The predicted octanol–water partition coefficient (Wildman–Crippen LogP) is 2.42. The molecule has 0 unspecified atom stereocenters. The number of ether oxygens (including phenoxy) is 1. The number of nitrogens with one attached hydrogen (secondary N) is 1. The van der Waals surface area contributed by atoms with Crippen molar-refractivity contribution in [2.24, 2.45) is 0 Å². The molecule has 0 radical (unpaired) electrons. The Hall–Kier alpha value is -2.13. The SMILES string of the molecule is O=S(=O)(NC1CCC(Oc2ncccn2)CC1)c1ccc(F)cc1F. The van der Waals surface area contributed by atoms with Crippen LogP contribution >= 0.6 is 0 Å². The van der Waals surface area contributed by atoms with Crippen molar-refractivity contribution in [2.75, 3.05) is 0 Å². The second kappa shape index (κ2) is 7.40. The minimum atomic E-state index is -4.04. The Morgan fingerprint density at radius 2 is 1.76 bits per heavy atom.